The zero-order valence-corrected chi connectivity index (χ0v) is 19.0. The van der Waals surface area contributed by atoms with Gasteiger partial charge < -0.3 is 15.0 Å². The van der Waals surface area contributed by atoms with Gasteiger partial charge in [-0.2, -0.15) is 0 Å². The van der Waals surface area contributed by atoms with E-state index in [1.54, 1.807) is 11.3 Å². The fourth-order valence-electron chi connectivity index (χ4n) is 4.00. The summed E-state index contributed by atoms with van der Waals surface area (Å²) in [6.45, 7) is 4.19. The van der Waals surface area contributed by atoms with Gasteiger partial charge in [0.15, 0.2) is 0 Å². The lowest BCUT2D eigenvalue weighted by Gasteiger charge is -2.29. The molecule has 9 heteroatoms. The van der Waals surface area contributed by atoms with Crippen molar-refractivity contribution in [2.75, 3.05) is 38.2 Å². The summed E-state index contributed by atoms with van der Waals surface area (Å²) < 4.78 is 4.87. The van der Waals surface area contributed by atoms with E-state index in [-0.39, 0.29) is 36.7 Å². The van der Waals surface area contributed by atoms with Crippen LogP contribution < -0.4 is 10.2 Å². The molecule has 0 radical (unpaired) electrons. The first-order chi connectivity index (χ1) is 13.2. The number of piperazine rings is 1. The summed E-state index contributed by atoms with van der Waals surface area (Å²) in [5.41, 5.74) is 2.40. The van der Waals surface area contributed by atoms with E-state index < -0.39 is 0 Å². The zero-order chi connectivity index (χ0) is 18.6. The average Bonchev–Trinajstić information content (AvgIpc) is 3.24. The number of ether oxygens (including phenoxy) is 1. The topological polar surface area (TPSA) is 67.3 Å². The van der Waals surface area contributed by atoms with E-state index in [2.05, 4.69) is 44.7 Å². The van der Waals surface area contributed by atoms with Crippen molar-refractivity contribution in [3.05, 3.63) is 29.3 Å². The van der Waals surface area contributed by atoms with Crippen molar-refractivity contribution in [1.29, 1.82) is 0 Å². The number of rotatable bonds is 4. The third kappa shape index (κ3) is 5.60. The van der Waals surface area contributed by atoms with E-state index in [1.165, 1.54) is 12.8 Å². The van der Waals surface area contributed by atoms with Crippen LogP contribution in [0.2, 0.25) is 0 Å². The Morgan fingerprint density at radius 1 is 1.07 bits per heavy atom. The number of benzene rings is 1. The Hall–Kier alpha value is -1.41. The second kappa shape index (κ2) is 11.1. The fraction of sp³-hybridized carbons (Fsp3) is 0.550. The van der Waals surface area contributed by atoms with Gasteiger partial charge in [0.25, 0.3) is 0 Å². The molecule has 2 aromatic rings. The van der Waals surface area contributed by atoms with Gasteiger partial charge in [0.1, 0.15) is 10.0 Å². The van der Waals surface area contributed by atoms with Crippen LogP contribution in [0.15, 0.2) is 24.3 Å². The number of nitrogens with zero attached hydrogens (tertiary/aromatic N) is 3. The van der Waals surface area contributed by atoms with Gasteiger partial charge in [0, 0.05) is 43.3 Å². The fourth-order valence-corrected chi connectivity index (χ4v) is 5.01. The minimum absolute atomic E-state index is 0. The summed E-state index contributed by atoms with van der Waals surface area (Å²) in [4.78, 5) is 14.1. The second-order valence-corrected chi connectivity index (χ2v) is 8.31. The molecule has 4 rings (SSSR count). The van der Waals surface area contributed by atoms with Crippen LogP contribution in [0, 0.1) is 5.92 Å². The van der Waals surface area contributed by atoms with E-state index >= 15 is 0 Å². The minimum atomic E-state index is -0.0732. The molecule has 0 amide bonds. The monoisotopic (exact) mass is 458 g/mol. The van der Waals surface area contributed by atoms with Crippen LogP contribution in [0.4, 0.5) is 5.69 Å². The van der Waals surface area contributed by atoms with Crippen molar-refractivity contribution in [1.82, 2.24) is 15.5 Å². The standard InChI is InChI=1S/C20H26N4O2S.2ClH/c1-26-20(25)16-4-2-14(3-5-16)18-22-23-19(27-18)15-6-8-17(9-7-15)24-12-10-21-11-13-24;;/h6-9,14,16,21H,2-5,10-13H2,1H3;2*1H/t14-,16-;;. The Morgan fingerprint density at radius 3 is 2.34 bits per heavy atom. The van der Waals surface area contributed by atoms with Crippen molar-refractivity contribution < 1.29 is 9.53 Å². The highest BCUT2D eigenvalue weighted by atomic mass is 35.5. The molecule has 6 nitrogen and oxygen atoms in total. The molecule has 29 heavy (non-hydrogen) atoms. The highest BCUT2D eigenvalue weighted by Gasteiger charge is 2.29. The van der Waals surface area contributed by atoms with Crippen LogP contribution in [0.1, 0.15) is 36.6 Å². The minimum Gasteiger partial charge on any atom is -0.469 e. The molecule has 1 saturated heterocycles. The number of hydrogen-bond donors (Lipinski definition) is 1. The Morgan fingerprint density at radius 2 is 1.72 bits per heavy atom. The number of halogens is 2. The van der Waals surface area contributed by atoms with E-state index in [1.807, 2.05) is 0 Å². The van der Waals surface area contributed by atoms with E-state index in [0.29, 0.717) is 5.92 Å². The molecule has 160 valence electrons. The van der Waals surface area contributed by atoms with Crippen molar-refractivity contribution in [3.8, 4) is 10.6 Å². The van der Waals surface area contributed by atoms with Crippen molar-refractivity contribution in [2.24, 2.45) is 5.92 Å². The zero-order valence-electron chi connectivity index (χ0n) is 16.5. The van der Waals surface area contributed by atoms with Crippen molar-refractivity contribution in [2.45, 2.75) is 31.6 Å². The Labute approximate surface area is 188 Å². The molecule has 0 spiro atoms. The molecule has 0 unspecified atom stereocenters. The maximum atomic E-state index is 11.7. The first-order valence-corrected chi connectivity index (χ1v) is 10.5. The highest BCUT2D eigenvalue weighted by molar-refractivity contribution is 7.14. The molecule has 0 bridgehead atoms. The summed E-state index contributed by atoms with van der Waals surface area (Å²) in [5, 5.41) is 14.3. The van der Waals surface area contributed by atoms with E-state index in [9.17, 15) is 4.79 Å². The highest BCUT2D eigenvalue weighted by Crippen LogP contribution is 2.39. The molecule has 1 aromatic carbocycles. The van der Waals surface area contributed by atoms with Gasteiger partial charge in [-0.25, -0.2) is 0 Å². The van der Waals surface area contributed by atoms with Crippen LogP contribution in [-0.4, -0.2) is 49.5 Å². The van der Waals surface area contributed by atoms with Gasteiger partial charge in [0.05, 0.1) is 13.0 Å². The normalized spacial score (nSPS) is 21.6. The second-order valence-electron chi connectivity index (χ2n) is 7.30. The van der Waals surface area contributed by atoms with Gasteiger partial charge in [-0.15, -0.1) is 35.0 Å². The van der Waals surface area contributed by atoms with E-state index in [0.717, 1.165) is 67.4 Å². The third-order valence-corrected chi connectivity index (χ3v) is 6.78. The van der Waals surface area contributed by atoms with Crippen LogP contribution in [0.5, 0.6) is 0 Å². The summed E-state index contributed by atoms with van der Waals surface area (Å²) in [6.07, 6.45) is 3.73. The van der Waals surface area contributed by atoms with Crippen molar-refractivity contribution >= 4 is 47.8 Å². The Kier molecular flexibility index (Phi) is 9.14. The Bertz CT molecular complexity index is 773. The van der Waals surface area contributed by atoms with Gasteiger partial charge in [-0.1, -0.05) is 11.3 Å². The predicted molar refractivity (Wildman–Crippen MR) is 122 cm³/mol. The molecule has 1 N–H and O–H groups in total. The summed E-state index contributed by atoms with van der Waals surface area (Å²) in [7, 11) is 1.47. The molecule has 1 saturated carbocycles. The predicted octanol–water partition coefficient (Wildman–Crippen LogP) is 3.91. The molecule has 1 aliphatic heterocycles. The number of nitrogens with one attached hydrogen (secondary N) is 1. The quantitative estimate of drug-likeness (QED) is 0.700. The number of aromatic nitrogens is 2. The van der Waals surface area contributed by atoms with Crippen molar-refractivity contribution in [3.63, 3.8) is 0 Å². The lowest BCUT2D eigenvalue weighted by molar-refractivity contribution is -0.146. The lowest BCUT2D eigenvalue weighted by Crippen LogP contribution is -2.43. The molecule has 0 atom stereocenters. The van der Waals surface area contributed by atoms with E-state index in [4.69, 9.17) is 4.74 Å². The maximum Gasteiger partial charge on any atom is 0.308 e. The number of carbonyl (C=O) groups is 1. The molecular weight excluding hydrogens is 431 g/mol. The molecule has 2 aliphatic rings. The number of esters is 1. The maximum absolute atomic E-state index is 11.7. The third-order valence-electron chi connectivity index (χ3n) is 5.65. The summed E-state index contributed by atoms with van der Waals surface area (Å²) in [5.74, 6) is 0.393. The van der Waals surface area contributed by atoms with Gasteiger partial charge in [0.2, 0.25) is 0 Å². The molecular formula is C20H28Cl2N4O2S. The molecule has 2 heterocycles. The molecule has 1 aliphatic carbocycles. The summed E-state index contributed by atoms with van der Waals surface area (Å²) >= 11 is 1.69. The van der Waals surface area contributed by atoms with Crippen LogP contribution >= 0.6 is 36.2 Å². The van der Waals surface area contributed by atoms with Gasteiger partial charge in [-0.3, -0.25) is 4.79 Å². The number of anilines is 1. The van der Waals surface area contributed by atoms with Gasteiger partial charge in [-0.05, 0) is 49.9 Å². The average molecular weight is 459 g/mol. The van der Waals surface area contributed by atoms with Crippen LogP contribution in [-0.2, 0) is 9.53 Å². The summed E-state index contributed by atoms with van der Waals surface area (Å²) in [6, 6.07) is 8.66. The number of hydrogen-bond acceptors (Lipinski definition) is 7. The van der Waals surface area contributed by atoms with Crippen LogP contribution in [0.25, 0.3) is 10.6 Å². The number of methoxy groups -OCH3 is 1. The van der Waals surface area contributed by atoms with Crippen LogP contribution in [0.3, 0.4) is 0 Å². The van der Waals surface area contributed by atoms with Gasteiger partial charge >= 0.3 is 5.97 Å². The number of carbonyl (C=O) groups excluding carboxylic acids is 1. The molecule has 2 fully saturated rings. The SMILES string of the molecule is COC(=O)[C@H]1CC[C@H](c2nnc(-c3ccc(N4CCNCC4)cc3)s2)CC1.Cl.Cl. The Balaban J connectivity index is 0.00000150. The smallest absolute Gasteiger partial charge is 0.308 e. The first-order valence-electron chi connectivity index (χ1n) is 9.72. The first kappa shape index (κ1) is 23.9. The largest absolute Gasteiger partial charge is 0.469 e. The lowest BCUT2D eigenvalue weighted by atomic mass is 9.82. The molecule has 1 aromatic heterocycles.